The van der Waals surface area contributed by atoms with Gasteiger partial charge in [0.25, 0.3) is 17.3 Å². The zero-order chi connectivity index (χ0) is 20.0. The number of nitrogens with one attached hydrogen (secondary N) is 1. The van der Waals surface area contributed by atoms with Crippen LogP contribution < -0.4 is 10.2 Å². The van der Waals surface area contributed by atoms with E-state index in [-0.39, 0.29) is 17.1 Å². The highest BCUT2D eigenvalue weighted by molar-refractivity contribution is 5.96. The Morgan fingerprint density at radius 3 is 2.37 bits per heavy atom. The zero-order valence-electron chi connectivity index (χ0n) is 14.0. The molecule has 2 rings (SSSR count). The first-order valence-electron chi connectivity index (χ1n) is 7.55. The number of carbonyl (C=O) groups excluding carboxylic acids is 1. The first kappa shape index (κ1) is 19.3. The van der Waals surface area contributed by atoms with Crippen molar-refractivity contribution < 1.29 is 24.5 Å². The molecule has 0 saturated heterocycles. The fraction of sp³-hybridized carbons (Fsp3) is 0.125. The predicted molar refractivity (Wildman–Crippen MR) is 94.1 cm³/mol. The van der Waals surface area contributed by atoms with E-state index in [1.165, 1.54) is 24.4 Å². The number of nitro groups is 2. The van der Waals surface area contributed by atoms with Crippen LogP contribution in [-0.2, 0) is 0 Å². The number of phenolic OH excluding ortho intramolecular Hbond substituents is 1. The minimum Gasteiger partial charge on any atom is -0.504 e. The number of benzene rings is 2. The second-order valence-electron chi connectivity index (χ2n) is 5.11. The van der Waals surface area contributed by atoms with Gasteiger partial charge in [-0.1, -0.05) is 0 Å². The summed E-state index contributed by atoms with van der Waals surface area (Å²) in [6, 6.07) is 6.97. The number of amides is 1. The van der Waals surface area contributed by atoms with Gasteiger partial charge in [0, 0.05) is 12.1 Å². The first-order chi connectivity index (χ1) is 12.8. The third kappa shape index (κ3) is 4.98. The van der Waals surface area contributed by atoms with E-state index in [1.807, 2.05) is 0 Å². The molecule has 0 radical (unpaired) electrons. The van der Waals surface area contributed by atoms with Crippen LogP contribution in [0.15, 0.2) is 41.5 Å². The van der Waals surface area contributed by atoms with Gasteiger partial charge in [-0.15, -0.1) is 0 Å². The number of nitrogens with zero attached hydrogens (tertiary/aromatic N) is 3. The lowest BCUT2D eigenvalue weighted by Gasteiger charge is -2.06. The Morgan fingerprint density at radius 2 is 1.81 bits per heavy atom. The SMILES string of the molecule is CCOc1cc(C=NNC(=O)c2cc([N+](=O)[O-])cc([N+](=O)[O-])c2)ccc1O. The van der Waals surface area contributed by atoms with E-state index < -0.39 is 27.1 Å². The number of rotatable bonds is 7. The molecule has 0 unspecified atom stereocenters. The van der Waals surface area contributed by atoms with Crippen LogP contribution >= 0.6 is 0 Å². The average Bonchev–Trinajstić information content (AvgIpc) is 2.63. The standard InChI is InChI=1S/C16H14N4O7/c1-2-27-15-5-10(3-4-14(15)21)9-17-18-16(22)11-6-12(19(23)24)8-13(7-11)20(25)26/h3-9,21H,2H2,1H3,(H,18,22). The van der Waals surface area contributed by atoms with E-state index in [4.69, 9.17) is 4.74 Å². The van der Waals surface area contributed by atoms with Gasteiger partial charge in [-0.05, 0) is 30.7 Å². The van der Waals surface area contributed by atoms with E-state index in [1.54, 1.807) is 6.92 Å². The third-order valence-corrected chi connectivity index (χ3v) is 3.25. The molecule has 0 aliphatic rings. The summed E-state index contributed by atoms with van der Waals surface area (Å²) in [4.78, 5) is 32.1. The minimum atomic E-state index is -0.859. The molecule has 27 heavy (non-hydrogen) atoms. The summed E-state index contributed by atoms with van der Waals surface area (Å²) in [5.41, 5.74) is 1.18. The quantitative estimate of drug-likeness (QED) is 0.428. The summed E-state index contributed by atoms with van der Waals surface area (Å²) in [5, 5.41) is 35.0. The average molecular weight is 374 g/mol. The van der Waals surface area contributed by atoms with Crippen molar-refractivity contribution in [2.45, 2.75) is 6.92 Å². The third-order valence-electron chi connectivity index (χ3n) is 3.25. The molecule has 0 fully saturated rings. The predicted octanol–water partition coefficient (Wildman–Crippen LogP) is 2.37. The molecule has 0 atom stereocenters. The topological polar surface area (TPSA) is 157 Å². The largest absolute Gasteiger partial charge is 0.504 e. The van der Waals surface area contributed by atoms with Crippen molar-refractivity contribution >= 4 is 23.5 Å². The zero-order valence-corrected chi connectivity index (χ0v) is 14.0. The maximum Gasteiger partial charge on any atom is 0.277 e. The molecular formula is C16H14N4O7. The molecule has 11 nitrogen and oxygen atoms in total. The van der Waals surface area contributed by atoms with Crippen LogP contribution in [0, 0.1) is 20.2 Å². The van der Waals surface area contributed by atoms with Gasteiger partial charge in [0.1, 0.15) is 0 Å². The van der Waals surface area contributed by atoms with Crippen LogP contribution in [0.2, 0.25) is 0 Å². The number of non-ortho nitro benzene ring substituents is 2. The van der Waals surface area contributed by atoms with Crippen molar-refractivity contribution in [3.63, 3.8) is 0 Å². The summed E-state index contributed by atoms with van der Waals surface area (Å²) in [6.45, 7) is 2.09. The highest BCUT2D eigenvalue weighted by Gasteiger charge is 2.19. The van der Waals surface area contributed by atoms with Gasteiger partial charge in [-0.3, -0.25) is 25.0 Å². The van der Waals surface area contributed by atoms with Crippen LogP contribution in [0.3, 0.4) is 0 Å². The van der Waals surface area contributed by atoms with Gasteiger partial charge in [-0.2, -0.15) is 5.10 Å². The second-order valence-corrected chi connectivity index (χ2v) is 5.11. The molecule has 0 spiro atoms. The van der Waals surface area contributed by atoms with Gasteiger partial charge >= 0.3 is 0 Å². The van der Waals surface area contributed by atoms with E-state index >= 15 is 0 Å². The number of hydrogen-bond acceptors (Lipinski definition) is 8. The molecule has 2 N–H and O–H groups in total. The minimum absolute atomic E-state index is 0.0538. The molecule has 140 valence electrons. The van der Waals surface area contributed by atoms with Gasteiger partial charge in [0.2, 0.25) is 0 Å². The van der Waals surface area contributed by atoms with E-state index in [0.717, 1.165) is 18.2 Å². The van der Waals surface area contributed by atoms with Crippen molar-refractivity contribution in [1.82, 2.24) is 5.43 Å². The number of phenols is 1. The lowest BCUT2D eigenvalue weighted by Crippen LogP contribution is -2.18. The maximum absolute atomic E-state index is 12.1. The van der Waals surface area contributed by atoms with E-state index in [2.05, 4.69) is 10.5 Å². The van der Waals surface area contributed by atoms with Crippen molar-refractivity contribution in [3.05, 3.63) is 67.8 Å². The molecule has 1 amide bonds. The monoisotopic (exact) mass is 374 g/mol. The van der Waals surface area contributed by atoms with Gasteiger partial charge in [0.15, 0.2) is 11.5 Å². The number of hydrogen-bond donors (Lipinski definition) is 2. The fourth-order valence-corrected chi connectivity index (χ4v) is 2.05. The summed E-state index contributed by atoms with van der Waals surface area (Å²) >= 11 is 0. The smallest absolute Gasteiger partial charge is 0.277 e. The molecule has 0 bridgehead atoms. The van der Waals surface area contributed by atoms with E-state index in [9.17, 15) is 30.1 Å². The molecule has 0 aliphatic heterocycles. The Bertz CT molecular complexity index is 895. The molecule has 11 heteroatoms. The highest BCUT2D eigenvalue weighted by atomic mass is 16.6. The van der Waals surface area contributed by atoms with Crippen molar-refractivity contribution in [3.8, 4) is 11.5 Å². The molecular weight excluding hydrogens is 360 g/mol. The van der Waals surface area contributed by atoms with Crippen LogP contribution in [0.4, 0.5) is 11.4 Å². The number of aromatic hydroxyl groups is 1. The number of nitro benzene ring substituents is 2. The molecule has 2 aromatic carbocycles. The summed E-state index contributed by atoms with van der Waals surface area (Å²) in [7, 11) is 0. The van der Waals surface area contributed by atoms with Crippen LogP contribution in [0.1, 0.15) is 22.8 Å². The molecule has 2 aromatic rings. The number of carbonyl (C=O) groups is 1. The Morgan fingerprint density at radius 1 is 1.19 bits per heavy atom. The lowest BCUT2D eigenvalue weighted by atomic mass is 10.1. The Hall–Kier alpha value is -4.02. The van der Waals surface area contributed by atoms with Gasteiger partial charge in [0.05, 0.1) is 34.3 Å². The van der Waals surface area contributed by atoms with Crippen molar-refractivity contribution in [2.24, 2.45) is 5.10 Å². The fourth-order valence-electron chi connectivity index (χ4n) is 2.05. The number of hydrazone groups is 1. The first-order valence-corrected chi connectivity index (χ1v) is 7.55. The van der Waals surface area contributed by atoms with Crippen LogP contribution in [0.5, 0.6) is 11.5 Å². The van der Waals surface area contributed by atoms with Gasteiger partial charge < -0.3 is 9.84 Å². The summed E-state index contributed by atoms with van der Waals surface area (Å²) < 4.78 is 5.22. The Labute approximate surface area is 152 Å². The lowest BCUT2D eigenvalue weighted by molar-refractivity contribution is -0.394. The van der Waals surface area contributed by atoms with Crippen molar-refractivity contribution in [1.29, 1.82) is 0 Å². The van der Waals surface area contributed by atoms with Crippen LogP contribution in [0.25, 0.3) is 0 Å². The van der Waals surface area contributed by atoms with Crippen LogP contribution in [-0.4, -0.2) is 33.7 Å². The summed E-state index contributed by atoms with van der Waals surface area (Å²) in [6.07, 6.45) is 1.26. The second kappa shape index (κ2) is 8.38. The maximum atomic E-state index is 12.1. The Kier molecular flexibility index (Phi) is 5.99. The number of ether oxygens (including phenoxy) is 1. The highest BCUT2D eigenvalue weighted by Crippen LogP contribution is 2.26. The van der Waals surface area contributed by atoms with Gasteiger partial charge in [-0.25, -0.2) is 5.43 Å². The Balaban J connectivity index is 2.18. The molecule has 0 saturated carbocycles. The summed E-state index contributed by atoms with van der Waals surface area (Å²) in [5.74, 6) is -0.675. The normalized spacial score (nSPS) is 10.6. The van der Waals surface area contributed by atoms with Crippen molar-refractivity contribution in [2.75, 3.05) is 6.61 Å². The molecule has 0 aliphatic carbocycles. The molecule has 0 aromatic heterocycles. The van der Waals surface area contributed by atoms with E-state index in [0.29, 0.717) is 12.2 Å². The molecule has 0 heterocycles.